The molecule has 8 heteroatoms. The molecule has 28 heavy (non-hydrogen) atoms. The largest absolute Gasteiger partial charge is 0.347 e. The third-order valence-electron chi connectivity index (χ3n) is 5.10. The van der Waals surface area contributed by atoms with E-state index in [9.17, 15) is 18.0 Å². The molecule has 3 aromatic rings. The number of aromatic nitrogens is 3. The Kier molecular flexibility index (Phi) is 5.02. The lowest BCUT2D eigenvalue weighted by Gasteiger charge is -2.25. The average molecular weight is 388 g/mol. The maximum absolute atomic E-state index is 14.3. The summed E-state index contributed by atoms with van der Waals surface area (Å²) in [5.74, 6) is -0.585. The first-order chi connectivity index (χ1) is 13.6. The zero-order valence-corrected chi connectivity index (χ0v) is 15.1. The fraction of sp³-hybridized carbons (Fsp3) is 0.350. The lowest BCUT2D eigenvalue weighted by Crippen LogP contribution is -2.24. The van der Waals surface area contributed by atoms with Gasteiger partial charge in [0.15, 0.2) is 17.2 Å². The van der Waals surface area contributed by atoms with Crippen molar-refractivity contribution in [2.75, 3.05) is 18.1 Å². The maximum Gasteiger partial charge on any atom is 0.164 e. The molecule has 1 fully saturated rings. The van der Waals surface area contributed by atoms with Gasteiger partial charge >= 0.3 is 0 Å². The van der Waals surface area contributed by atoms with Gasteiger partial charge in [0, 0.05) is 30.3 Å². The van der Waals surface area contributed by atoms with Gasteiger partial charge in [0.25, 0.3) is 0 Å². The molecule has 5 nitrogen and oxygen atoms in total. The number of hydrogen-bond donors (Lipinski definition) is 1. The lowest BCUT2D eigenvalue weighted by atomic mass is 10.0. The quantitative estimate of drug-likeness (QED) is 0.631. The summed E-state index contributed by atoms with van der Waals surface area (Å²) < 4.78 is 40.4. The summed E-state index contributed by atoms with van der Waals surface area (Å²) in [4.78, 5) is 18.4. The molecule has 0 spiro atoms. The lowest BCUT2D eigenvalue weighted by molar-refractivity contribution is 0.0977. The smallest absolute Gasteiger partial charge is 0.164 e. The Morgan fingerprint density at radius 2 is 2.14 bits per heavy atom. The summed E-state index contributed by atoms with van der Waals surface area (Å²) in [6, 6.07) is 4.78. The number of carbonyl (C=O) groups is 1. The number of ketones is 1. The second kappa shape index (κ2) is 7.61. The average Bonchev–Trinajstić information content (AvgIpc) is 3.33. The molecule has 0 radical (unpaired) electrons. The normalized spacial score (nSPS) is 16.8. The van der Waals surface area contributed by atoms with E-state index in [1.165, 1.54) is 12.3 Å². The highest BCUT2D eigenvalue weighted by atomic mass is 19.1. The van der Waals surface area contributed by atoms with Crippen LogP contribution in [0.5, 0.6) is 0 Å². The number of fused-ring (bicyclic) bond motifs is 1. The Morgan fingerprint density at radius 3 is 2.96 bits per heavy atom. The van der Waals surface area contributed by atoms with E-state index < -0.39 is 18.3 Å². The zero-order chi connectivity index (χ0) is 19.7. The Balaban J connectivity index is 1.71. The number of anilines is 1. The van der Waals surface area contributed by atoms with Crippen molar-refractivity contribution in [3.8, 4) is 0 Å². The molecular weight excluding hydrogens is 369 g/mol. The monoisotopic (exact) mass is 388 g/mol. The predicted molar refractivity (Wildman–Crippen MR) is 99.1 cm³/mol. The number of aromatic amines is 1. The number of Topliss-reactive ketones (excluding diaryl/α,β-unsaturated/α-hetero) is 1. The van der Waals surface area contributed by atoms with Gasteiger partial charge in [-0.2, -0.15) is 5.10 Å². The van der Waals surface area contributed by atoms with E-state index in [-0.39, 0.29) is 30.2 Å². The van der Waals surface area contributed by atoms with Crippen LogP contribution in [0, 0.1) is 11.6 Å². The van der Waals surface area contributed by atoms with Crippen molar-refractivity contribution in [3.05, 3.63) is 53.2 Å². The molecule has 1 aliphatic heterocycles. The Morgan fingerprint density at radius 1 is 1.29 bits per heavy atom. The highest BCUT2D eigenvalue weighted by Gasteiger charge is 2.31. The van der Waals surface area contributed by atoms with Crippen LogP contribution in [0.2, 0.25) is 0 Å². The first-order valence-electron chi connectivity index (χ1n) is 9.23. The number of halogens is 3. The molecule has 1 N–H and O–H groups in total. The molecule has 3 heterocycles. The van der Waals surface area contributed by atoms with Gasteiger partial charge < -0.3 is 4.90 Å². The van der Waals surface area contributed by atoms with Crippen molar-refractivity contribution in [2.45, 2.75) is 31.7 Å². The molecule has 1 aromatic carbocycles. The van der Waals surface area contributed by atoms with Crippen LogP contribution < -0.4 is 4.90 Å². The van der Waals surface area contributed by atoms with Crippen LogP contribution in [-0.2, 0) is 0 Å². The molecule has 0 saturated carbocycles. The first-order valence-corrected chi connectivity index (χ1v) is 9.23. The molecule has 1 aliphatic rings. The summed E-state index contributed by atoms with van der Waals surface area (Å²) in [6.07, 6.45) is 3.19. The van der Waals surface area contributed by atoms with Crippen LogP contribution in [0.4, 0.5) is 19.0 Å². The standard InChI is InChI=1S/C20H19F3N4O/c21-7-1-4-18(28)12-9-15-19(24-11-12)25-26-20(15)27-8-2-3-17(27)14-10-13(22)5-6-16(14)23/h5-6,9-11,17H,1-4,7-8H2,(H,24,25,26)/t17-/m1/s1. The maximum atomic E-state index is 14.3. The van der Waals surface area contributed by atoms with Gasteiger partial charge in [0.1, 0.15) is 11.6 Å². The number of nitrogens with one attached hydrogen (secondary N) is 1. The van der Waals surface area contributed by atoms with Crippen molar-refractivity contribution in [1.82, 2.24) is 15.2 Å². The van der Waals surface area contributed by atoms with Crippen LogP contribution >= 0.6 is 0 Å². The van der Waals surface area contributed by atoms with Gasteiger partial charge in [0.2, 0.25) is 0 Å². The molecule has 0 amide bonds. The molecule has 2 aromatic heterocycles. The van der Waals surface area contributed by atoms with Crippen molar-refractivity contribution >= 4 is 22.6 Å². The van der Waals surface area contributed by atoms with E-state index in [0.717, 1.165) is 18.6 Å². The fourth-order valence-corrected chi connectivity index (χ4v) is 3.75. The molecule has 0 unspecified atom stereocenters. The highest BCUT2D eigenvalue weighted by molar-refractivity contribution is 6.00. The van der Waals surface area contributed by atoms with Crippen LogP contribution in [0.1, 0.15) is 47.6 Å². The van der Waals surface area contributed by atoms with Gasteiger partial charge in [-0.15, -0.1) is 0 Å². The second-order valence-corrected chi connectivity index (χ2v) is 6.90. The van der Waals surface area contributed by atoms with Crippen molar-refractivity contribution in [1.29, 1.82) is 0 Å². The van der Waals surface area contributed by atoms with E-state index >= 15 is 0 Å². The summed E-state index contributed by atoms with van der Waals surface area (Å²) in [5, 5.41) is 7.78. The molecule has 1 atom stereocenters. The summed E-state index contributed by atoms with van der Waals surface area (Å²) >= 11 is 0. The minimum Gasteiger partial charge on any atom is -0.347 e. The van der Waals surface area contributed by atoms with E-state index in [4.69, 9.17) is 0 Å². The molecule has 4 rings (SSSR count). The molecule has 146 valence electrons. The van der Waals surface area contributed by atoms with E-state index in [2.05, 4.69) is 15.2 Å². The Hall–Kier alpha value is -2.90. The summed E-state index contributed by atoms with van der Waals surface area (Å²) in [5.41, 5.74) is 1.18. The molecule has 1 saturated heterocycles. The first kappa shape index (κ1) is 18.5. The number of carbonyl (C=O) groups excluding carboxylic acids is 1. The van der Waals surface area contributed by atoms with Gasteiger partial charge in [-0.05, 0) is 43.5 Å². The van der Waals surface area contributed by atoms with E-state index in [1.54, 1.807) is 6.07 Å². The van der Waals surface area contributed by atoms with Crippen molar-refractivity contribution in [2.24, 2.45) is 0 Å². The second-order valence-electron chi connectivity index (χ2n) is 6.90. The van der Waals surface area contributed by atoms with Gasteiger partial charge in [0.05, 0.1) is 18.1 Å². The summed E-state index contributed by atoms with van der Waals surface area (Å²) in [6.45, 7) is 0.0770. The van der Waals surface area contributed by atoms with Crippen LogP contribution in [0.3, 0.4) is 0 Å². The zero-order valence-electron chi connectivity index (χ0n) is 15.1. The van der Waals surface area contributed by atoms with Crippen molar-refractivity contribution < 1.29 is 18.0 Å². The number of benzene rings is 1. The fourth-order valence-electron chi connectivity index (χ4n) is 3.75. The molecule has 0 aliphatic carbocycles. The van der Waals surface area contributed by atoms with Gasteiger partial charge in [-0.25, -0.2) is 13.8 Å². The third kappa shape index (κ3) is 3.34. The van der Waals surface area contributed by atoms with Crippen LogP contribution in [0.15, 0.2) is 30.5 Å². The summed E-state index contributed by atoms with van der Waals surface area (Å²) in [7, 11) is 0. The van der Waals surface area contributed by atoms with E-state index in [0.29, 0.717) is 35.4 Å². The highest BCUT2D eigenvalue weighted by Crippen LogP contribution is 2.39. The van der Waals surface area contributed by atoms with Gasteiger partial charge in [-0.1, -0.05) is 0 Å². The minimum atomic E-state index is -0.549. The van der Waals surface area contributed by atoms with Crippen LogP contribution in [-0.4, -0.2) is 34.2 Å². The number of rotatable bonds is 6. The number of alkyl halides is 1. The van der Waals surface area contributed by atoms with E-state index in [1.807, 2.05) is 4.90 Å². The third-order valence-corrected chi connectivity index (χ3v) is 5.10. The predicted octanol–water partition coefficient (Wildman–Crippen LogP) is 4.51. The Labute approximate surface area is 159 Å². The topological polar surface area (TPSA) is 61.9 Å². The van der Waals surface area contributed by atoms with Crippen molar-refractivity contribution in [3.63, 3.8) is 0 Å². The van der Waals surface area contributed by atoms with Gasteiger partial charge in [-0.3, -0.25) is 14.3 Å². The number of pyridine rings is 1. The molecular formula is C20H19F3N4O. The number of hydrogen-bond acceptors (Lipinski definition) is 4. The Bertz CT molecular complexity index is 1020. The number of nitrogens with zero attached hydrogens (tertiary/aromatic N) is 3. The number of H-pyrrole nitrogens is 1. The van der Waals surface area contributed by atoms with Crippen LogP contribution in [0.25, 0.3) is 11.0 Å². The minimum absolute atomic E-state index is 0.109. The SMILES string of the molecule is O=C(CCCF)c1cnc2[nH]nc(N3CCC[C@@H]3c3cc(F)ccc3F)c2c1. The molecule has 0 bridgehead atoms.